The van der Waals surface area contributed by atoms with Gasteiger partial charge in [0.15, 0.2) is 0 Å². The summed E-state index contributed by atoms with van der Waals surface area (Å²) < 4.78 is 0. The zero-order chi connectivity index (χ0) is 17.6. The van der Waals surface area contributed by atoms with Gasteiger partial charge in [0, 0.05) is 29.9 Å². The number of carbonyl (C=O) groups excluding carboxylic acids is 2. The molecule has 5 nitrogen and oxygen atoms in total. The van der Waals surface area contributed by atoms with Crippen LogP contribution in [0.25, 0.3) is 0 Å². The van der Waals surface area contributed by atoms with Crippen molar-refractivity contribution < 1.29 is 9.59 Å². The topological polar surface area (TPSA) is 61.4 Å². The van der Waals surface area contributed by atoms with Crippen LogP contribution in [0.1, 0.15) is 28.8 Å². The summed E-state index contributed by atoms with van der Waals surface area (Å²) in [6.45, 7) is 1.59. The Morgan fingerprint density at radius 1 is 1.12 bits per heavy atom. The van der Waals surface area contributed by atoms with E-state index in [1.807, 2.05) is 55.6 Å². The van der Waals surface area contributed by atoms with Crippen molar-refractivity contribution in [2.24, 2.45) is 0 Å². The first-order chi connectivity index (χ1) is 12.2. The van der Waals surface area contributed by atoms with E-state index in [1.54, 1.807) is 4.90 Å². The van der Waals surface area contributed by atoms with Gasteiger partial charge in [-0.25, -0.2) is 0 Å². The zero-order valence-corrected chi connectivity index (χ0v) is 14.4. The second-order valence-corrected chi connectivity index (χ2v) is 6.16. The fourth-order valence-electron chi connectivity index (χ4n) is 3.06. The SMILES string of the molecule is CNCCc1ccccc1C(=O)Nc1ccc(N2CCCC2=O)cc1. The smallest absolute Gasteiger partial charge is 0.255 e. The maximum atomic E-state index is 12.6. The number of hydrogen-bond donors (Lipinski definition) is 2. The average molecular weight is 337 g/mol. The van der Waals surface area contributed by atoms with E-state index in [0.717, 1.165) is 42.9 Å². The number of amides is 2. The Morgan fingerprint density at radius 2 is 1.88 bits per heavy atom. The highest BCUT2D eigenvalue weighted by Gasteiger charge is 2.21. The fraction of sp³-hybridized carbons (Fsp3) is 0.300. The first kappa shape index (κ1) is 17.2. The van der Waals surface area contributed by atoms with Crippen LogP contribution >= 0.6 is 0 Å². The summed E-state index contributed by atoms with van der Waals surface area (Å²) in [5, 5.41) is 6.05. The molecule has 0 aliphatic carbocycles. The van der Waals surface area contributed by atoms with Crippen molar-refractivity contribution in [2.75, 3.05) is 30.4 Å². The second-order valence-electron chi connectivity index (χ2n) is 6.16. The van der Waals surface area contributed by atoms with Gasteiger partial charge in [0.25, 0.3) is 5.91 Å². The molecule has 0 bridgehead atoms. The number of nitrogens with zero attached hydrogens (tertiary/aromatic N) is 1. The molecule has 2 aromatic rings. The lowest BCUT2D eigenvalue weighted by Crippen LogP contribution is -2.23. The first-order valence-electron chi connectivity index (χ1n) is 8.63. The summed E-state index contributed by atoms with van der Waals surface area (Å²) in [5.41, 5.74) is 3.32. The van der Waals surface area contributed by atoms with Crippen molar-refractivity contribution in [3.05, 3.63) is 59.7 Å². The molecular formula is C20H23N3O2. The molecule has 0 radical (unpaired) electrons. The lowest BCUT2D eigenvalue weighted by atomic mass is 10.0. The van der Waals surface area contributed by atoms with E-state index in [2.05, 4.69) is 10.6 Å². The lowest BCUT2D eigenvalue weighted by Gasteiger charge is -2.16. The van der Waals surface area contributed by atoms with E-state index in [-0.39, 0.29) is 11.8 Å². The quantitative estimate of drug-likeness (QED) is 0.852. The first-order valence-corrected chi connectivity index (χ1v) is 8.63. The normalized spacial score (nSPS) is 14.0. The molecule has 0 saturated carbocycles. The number of rotatable bonds is 6. The Labute approximate surface area is 148 Å². The molecule has 1 fully saturated rings. The van der Waals surface area contributed by atoms with Crippen molar-refractivity contribution in [2.45, 2.75) is 19.3 Å². The van der Waals surface area contributed by atoms with E-state index >= 15 is 0 Å². The van der Waals surface area contributed by atoms with Gasteiger partial charge in [-0.05, 0) is 62.3 Å². The number of hydrogen-bond acceptors (Lipinski definition) is 3. The van der Waals surface area contributed by atoms with E-state index in [4.69, 9.17) is 0 Å². The Hall–Kier alpha value is -2.66. The molecule has 1 aliphatic rings. The molecule has 5 heteroatoms. The molecule has 2 amide bonds. The van der Waals surface area contributed by atoms with Gasteiger partial charge in [-0.1, -0.05) is 18.2 Å². The lowest BCUT2D eigenvalue weighted by molar-refractivity contribution is -0.117. The van der Waals surface area contributed by atoms with Gasteiger partial charge in [-0.3, -0.25) is 9.59 Å². The van der Waals surface area contributed by atoms with Crippen LogP contribution in [0.15, 0.2) is 48.5 Å². The third kappa shape index (κ3) is 4.06. The Bertz CT molecular complexity index is 756. The van der Waals surface area contributed by atoms with E-state index in [0.29, 0.717) is 12.0 Å². The van der Waals surface area contributed by atoms with Gasteiger partial charge in [0.1, 0.15) is 0 Å². The van der Waals surface area contributed by atoms with E-state index in [1.165, 1.54) is 0 Å². The summed E-state index contributed by atoms with van der Waals surface area (Å²) in [5.74, 6) is 0.0481. The molecule has 3 rings (SSSR count). The van der Waals surface area contributed by atoms with Gasteiger partial charge in [-0.15, -0.1) is 0 Å². The fourth-order valence-corrected chi connectivity index (χ4v) is 3.06. The summed E-state index contributed by atoms with van der Waals surface area (Å²) in [6, 6.07) is 15.1. The molecule has 0 atom stereocenters. The molecule has 0 spiro atoms. The van der Waals surface area contributed by atoms with Gasteiger partial charge in [0.2, 0.25) is 5.91 Å². The predicted octanol–water partition coefficient (Wildman–Crippen LogP) is 2.83. The van der Waals surface area contributed by atoms with Crippen molar-refractivity contribution in [3.63, 3.8) is 0 Å². The molecule has 1 saturated heterocycles. The molecule has 0 aromatic heterocycles. The van der Waals surface area contributed by atoms with Crippen LogP contribution in [-0.4, -0.2) is 32.0 Å². The highest BCUT2D eigenvalue weighted by atomic mass is 16.2. The Kier molecular flexibility index (Phi) is 5.46. The molecule has 1 heterocycles. The van der Waals surface area contributed by atoms with E-state index in [9.17, 15) is 9.59 Å². The number of carbonyl (C=O) groups is 2. The van der Waals surface area contributed by atoms with Gasteiger partial charge in [-0.2, -0.15) is 0 Å². The van der Waals surface area contributed by atoms with Crippen LogP contribution in [0, 0.1) is 0 Å². The van der Waals surface area contributed by atoms with Crippen LogP contribution in [-0.2, 0) is 11.2 Å². The highest BCUT2D eigenvalue weighted by molar-refractivity contribution is 6.05. The second kappa shape index (κ2) is 7.94. The summed E-state index contributed by atoms with van der Waals surface area (Å²) in [6.07, 6.45) is 2.32. The molecular weight excluding hydrogens is 314 g/mol. The summed E-state index contributed by atoms with van der Waals surface area (Å²) in [4.78, 5) is 26.2. The third-order valence-electron chi connectivity index (χ3n) is 4.42. The number of benzene rings is 2. The Balaban J connectivity index is 1.70. The molecule has 130 valence electrons. The monoisotopic (exact) mass is 337 g/mol. The van der Waals surface area contributed by atoms with Crippen LogP contribution in [0.3, 0.4) is 0 Å². The predicted molar refractivity (Wildman–Crippen MR) is 100 cm³/mol. The molecule has 25 heavy (non-hydrogen) atoms. The number of nitrogens with one attached hydrogen (secondary N) is 2. The molecule has 2 aromatic carbocycles. The largest absolute Gasteiger partial charge is 0.322 e. The standard InChI is InChI=1S/C20H23N3O2/c1-21-13-12-15-5-2-3-6-18(15)20(25)22-16-8-10-17(11-9-16)23-14-4-7-19(23)24/h2-3,5-6,8-11,21H,4,7,12-14H2,1H3,(H,22,25). The summed E-state index contributed by atoms with van der Waals surface area (Å²) in [7, 11) is 1.90. The molecule has 2 N–H and O–H groups in total. The van der Waals surface area contributed by atoms with Crippen molar-refractivity contribution in [1.29, 1.82) is 0 Å². The van der Waals surface area contributed by atoms with Gasteiger partial charge < -0.3 is 15.5 Å². The van der Waals surface area contributed by atoms with Crippen LogP contribution < -0.4 is 15.5 Å². The van der Waals surface area contributed by atoms with Crippen LogP contribution in [0.2, 0.25) is 0 Å². The minimum absolute atomic E-state index is 0.114. The highest BCUT2D eigenvalue weighted by Crippen LogP contribution is 2.23. The number of anilines is 2. The molecule has 1 aliphatic heterocycles. The van der Waals surface area contributed by atoms with Crippen LogP contribution in [0.5, 0.6) is 0 Å². The average Bonchev–Trinajstić information content (AvgIpc) is 3.07. The van der Waals surface area contributed by atoms with Gasteiger partial charge in [0.05, 0.1) is 0 Å². The van der Waals surface area contributed by atoms with Crippen molar-refractivity contribution in [3.8, 4) is 0 Å². The zero-order valence-electron chi connectivity index (χ0n) is 14.4. The molecule has 0 unspecified atom stereocenters. The maximum absolute atomic E-state index is 12.6. The minimum Gasteiger partial charge on any atom is -0.322 e. The van der Waals surface area contributed by atoms with Crippen molar-refractivity contribution in [1.82, 2.24) is 5.32 Å². The number of likely N-dealkylation sites (N-methyl/N-ethyl adjacent to an activating group) is 1. The van der Waals surface area contributed by atoms with E-state index < -0.39 is 0 Å². The van der Waals surface area contributed by atoms with Crippen molar-refractivity contribution >= 4 is 23.2 Å². The van der Waals surface area contributed by atoms with Crippen LogP contribution in [0.4, 0.5) is 11.4 Å². The Morgan fingerprint density at radius 3 is 2.56 bits per heavy atom. The third-order valence-corrected chi connectivity index (χ3v) is 4.42. The minimum atomic E-state index is -0.114. The van der Waals surface area contributed by atoms with Gasteiger partial charge >= 0.3 is 0 Å². The summed E-state index contributed by atoms with van der Waals surface area (Å²) >= 11 is 0. The maximum Gasteiger partial charge on any atom is 0.255 e.